The van der Waals surface area contributed by atoms with Crippen LogP contribution in [-0.2, 0) is 0 Å². The quantitative estimate of drug-likeness (QED) is 0.817. The molecule has 0 aliphatic rings. The van der Waals surface area contributed by atoms with Crippen LogP contribution in [0.25, 0.3) is 11.4 Å². The van der Waals surface area contributed by atoms with Gasteiger partial charge in [-0.1, -0.05) is 5.16 Å². The standard InChI is InChI=1S/C9H11N3O2S/c1-5-3-15-4-6(5)8-11-9(14-12-8)7(13)2-10/h3-4,7,13H,2,10H2,1H3/t7-/m0/s1. The molecule has 0 fully saturated rings. The lowest BCUT2D eigenvalue weighted by molar-refractivity contribution is 0.141. The van der Waals surface area contributed by atoms with Crippen LogP contribution < -0.4 is 5.73 Å². The summed E-state index contributed by atoms with van der Waals surface area (Å²) in [4.78, 5) is 4.08. The van der Waals surface area contributed by atoms with Crippen molar-refractivity contribution >= 4 is 11.3 Å². The molecule has 2 heterocycles. The topological polar surface area (TPSA) is 85.2 Å². The maximum atomic E-state index is 9.39. The lowest BCUT2D eigenvalue weighted by Crippen LogP contribution is -2.11. The molecule has 0 aromatic carbocycles. The van der Waals surface area contributed by atoms with Gasteiger partial charge in [-0.25, -0.2) is 0 Å². The van der Waals surface area contributed by atoms with E-state index in [9.17, 15) is 5.11 Å². The molecule has 6 heteroatoms. The predicted molar refractivity (Wildman–Crippen MR) is 56.4 cm³/mol. The molecule has 0 aliphatic heterocycles. The highest BCUT2D eigenvalue weighted by Crippen LogP contribution is 2.25. The monoisotopic (exact) mass is 225 g/mol. The van der Waals surface area contributed by atoms with Crippen molar-refractivity contribution in [2.24, 2.45) is 5.73 Å². The number of nitrogens with two attached hydrogens (primary N) is 1. The number of nitrogens with zero attached hydrogens (tertiary/aromatic N) is 2. The Morgan fingerprint density at radius 3 is 3.00 bits per heavy atom. The van der Waals surface area contributed by atoms with E-state index in [-0.39, 0.29) is 12.4 Å². The molecule has 0 amide bonds. The van der Waals surface area contributed by atoms with E-state index in [4.69, 9.17) is 10.3 Å². The number of aromatic nitrogens is 2. The molecule has 0 unspecified atom stereocenters. The van der Waals surface area contributed by atoms with Gasteiger partial charge in [-0.05, 0) is 17.9 Å². The van der Waals surface area contributed by atoms with Crippen LogP contribution in [0.4, 0.5) is 0 Å². The van der Waals surface area contributed by atoms with Gasteiger partial charge >= 0.3 is 0 Å². The van der Waals surface area contributed by atoms with Crippen molar-refractivity contribution in [3.8, 4) is 11.4 Å². The lowest BCUT2D eigenvalue weighted by atomic mass is 10.2. The van der Waals surface area contributed by atoms with Crippen molar-refractivity contribution in [2.45, 2.75) is 13.0 Å². The molecule has 2 rings (SSSR count). The zero-order valence-electron chi connectivity index (χ0n) is 8.17. The van der Waals surface area contributed by atoms with Gasteiger partial charge in [0, 0.05) is 17.5 Å². The van der Waals surface area contributed by atoms with E-state index in [2.05, 4.69) is 10.1 Å². The summed E-state index contributed by atoms with van der Waals surface area (Å²) >= 11 is 1.58. The highest BCUT2D eigenvalue weighted by Gasteiger charge is 2.16. The average Bonchev–Trinajstić information content (AvgIpc) is 2.84. The van der Waals surface area contributed by atoms with Crippen molar-refractivity contribution in [1.29, 1.82) is 0 Å². The number of rotatable bonds is 3. The number of aryl methyl sites for hydroxylation is 1. The van der Waals surface area contributed by atoms with Gasteiger partial charge in [-0.2, -0.15) is 16.3 Å². The smallest absolute Gasteiger partial charge is 0.257 e. The first-order valence-corrected chi connectivity index (χ1v) is 5.41. The van der Waals surface area contributed by atoms with Crippen LogP contribution in [0.3, 0.4) is 0 Å². The van der Waals surface area contributed by atoms with Crippen molar-refractivity contribution < 1.29 is 9.63 Å². The maximum absolute atomic E-state index is 9.39. The Labute approximate surface area is 90.5 Å². The lowest BCUT2D eigenvalue weighted by Gasteiger charge is -1.97. The molecule has 3 N–H and O–H groups in total. The van der Waals surface area contributed by atoms with E-state index in [1.165, 1.54) is 0 Å². The average molecular weight is 225 g/mol. The van der Waals surface area contributed by atoms with E-state index in [0.717, 1.165) is 11.1 Å². The van der Waals surface area contributed by atoms with Crippen LogP contribution in [0.5, 0.6) is 0 Å². The fraction of sp³-hybridized carbons (Fsp3) is 0.333. The number of aliphatic hydroxyl groups is 1. The third kappa shape index (κ3) is 1.92. The Kier molecular flexibility index (Phi) is 2.81. The summed E-state index contributed by atoms with van der Waals surface area (Å²) in [5.41, 5.74) is 7.31. The summed E-state index contributed by atoms with van der Waals surface area (Å²) in [5, 5.41) is 17.1. The van der Waals surface area contributed by atoms with E-state index >= 15 is 0 Å². The van der Waals surface area contributed by atoms with Crippen LogP contribution in [0.1, 0.15) is 17.6 Å². The van der Waals surface area contributed by atoms with Gasteiger partial charge in [0.1, 0.15) is 6.10 Å². The Morgan fingerprint density at radius 2 is 2.40 bits per heavy atom. The first kappa shape index (κ1) is 10.3. The third-order valence-corrected chi connectivity index (χ3v) is 2.91. The zero-order valence-corrected chi connectivity index (χ0v) is 8.99. The second-order valence-electron chi connectivity index (χ2n) is 3.18. The van der Waals surface area contributed by atoms with Gasteiger partial charge in [-0.15, -0.1) is 0 Å². The number of thiophene rings is 1. The summed E-state index contributed by atoms with van der Waals surface area (Å²) in [6.07, 6.45) is -0.884. The highest BCUT2D eigenvalue weighted by molar-refractivity contribution is 7.08. The molecular weight excluding hydrogens is 214 g/mol. The van der Waals surface area contributed by atoms with Crippen LogP contribution >= 0.6 is 11.3 Å². The molecular formula is C9H11N3O2S. The molecule has 0 spiro atoms. The second kappa shape index (κ2) is 4.09. The van der Waals surface area contributed by atoms with Gasteiger partial charge in [0.05, 0.1) is 0 Å². The fourth-order valence-corrected chi connectivity index (χ4v) is 2.00. The summed E-state index contributed by atoms with van der Waals surface area (Å²) in [6, 6.07) is 0. The normalized spacial score (nSPS) is 13.0. The molecule has 1 atom stereocenters. The molecule has 0 saturated carbocycles. The largest absolute Gasteiger partial charge is 0.382 e. The first-order chi connectivity index (χ1) is 7.22. The van der Waals surface area contributed by atoms with Gasteiger partial charge < -0.3 is 15.4 Å². The molecule has 0 aliphatic carbocycles. The van der Waals surface area contributed by atoms with Crippen molar-refractivity contribution in [1.82, 2.24) is 10.1 Å². The molecule has 2 aromatic heterocycles. The summed E-state index contributed by atoms with van der Waals surface area (Å²) in [6.45, 7) is 2.05. The van der Waals surface area contributed by atoms with Gasteiger partial charge in [0.25, 0.3) is 5.89 Å². The fourth-order valence-electron chi connectivity index (χ4n) is 1.17. The number of hydrogen-bond donors (Lipinski definition) is 2. The van der Waals surface area contributed by atoms with Crippen LogP contribution in [0.15, 0.2) is 15.3 Å². The minimum Gasteiger partial charge on any atom is -0.382 e. The number of aliphatic hydroxyl groups excluding tert-OH is 1. The Morgan fingerprint density at radius 1 is 1.60 bits per heavy atom. The predicted octanol–water partition coefficient (Wildman–Crippen LogP) is 1.10. The molecule has 0 saturated heterocycles. The van der Waals surface area contributed by atoms with E-state index in [1.807, 2.05) is 17.7 Å². The van der Waals surface area contributed by atoms with E-state index in [0.29, 0.717) is 5.82 Å². The van der Waals surface area contributed by atoms with Gasteiger partial charge in [-0.3, -0.25) is 0 Å². The summed E-state index contributed by atoms with van der Waals surface area (Å²) < 4.78 is 4.91. The van der Waals surface area contributed by atoms with Crippen molar-refractivity contribution in [3.05, 3.63) is 22.2 Å². The van der Waals surface area contributed by atoms with Crippen LogP contribution in [0, 0.1) is 6.92 Å². The Balaban J connectivity index is 2.32. The third-order valence-electron chi connectivity index (χ3n) is 2.05. The van der Waals surface area contributed by atoms with Gasteiger partial charge in [0.2, 0.25) is 5.82 Å². The van der Waals surface area contributed by atoms with Crippen molar-refractivity contribution in [2.75, 3.05) is 6.54 Å². The highest BCUT2D eigenvalue weighted by atomic mass is 32.1. The zero-order chi connectivity index (χ0) is 10.8. The number of hydrogen-bond acceptors (Lipinski definition) is 6. The van der Waals surface area contributed by atoms with Gasteiger partial charge in [0.15, 0.2) is 0 Å². The summed E-state index contributed by atoms with van der Waals surface area (Å²) in [5.74, 6) is 0.661. The van der Waals surface area contributed by atoms with Crippen molar-refractivity contribution in [3.63, 3.8) is 0 Å². The Hall–Kier alpha value is -1.24. The van der Waals surface area contributed by atoms with Crippen LogP contribution in [0.2, 0.25) is 0 Å². The molecule has 5 nitrogen and oxygen atoms in total. The minimum absolute atomic E-state index is 0.0737. The van der Waals surface area contributed by atoms with E-state index in [1.54, 1.807) is 11.3 Å². The SMILES string of the molecule is Cc1cscc1-c1noc([C@@H](O)CN)n1. The molecule has 15 heavy (non-hydrogen) atoms. The first-order valence-electron chi connectivity index (χ1n) is 4.47. The second-order valence-corrected chi connectivity index (χ2v) is 3.92. The van der Waals surface area contributed by atoms with E-state index < -0.39 is 6.10 Å². The molecule has 0 bridgehead atoms. The molecule has 80 valence electrons. The Bertz CT molecular complexity index is 452. The molecule has 0 radical (unpaired) electrons. The maximum Gasteiger partial charge on any atom is 0.257 e. The summed E-state index contributed by atoms with van der Waals surface area (Å²) in [7, 11) is 0. The molecule has 2 aromatic rings. The minimum atomic E-state index is -0.884. The van der Waals surface area contributed by atoms with Crippen LogP contribution in [-0.4, -0.2) is 21.8 Å².